The van der Waals surface area contributed by atoms with Crippen LogP contribution in [0.25, 0.3) is 0 Å². The number of likely N-dealkylation sites (tertiary alicyclic amines) is 1. The molecule has 108 valence electrons. The van der Waals surface area contributed by atoms with Gasteiger partial charge in [0.1, 0.15) is 5.82 Å². The summed E-state index contributed by atoms with van der Waals surface area (Å²) in [6, 6.07) is 0. The third kappa shape index (κ3) is 4.62. The lowest BCUT2D eigenvalue weighted by Crippen LogP contribution is -2.29. The molecule has 1 atom stereocenters. The molecule has 4 nitrogen and oxygen atoms in total. The van der Waals surface area contributed by atoms with Crippen LogP contribution in [0.1, 0.15) is 26.1 Å². The van der Waals surface area contributed by atoms with E-state index in [9.17, 15) is 0 Å². The highest BCUT2D eigenvalue weighted by Crippen LogP contribution is 2.15. The maximum Gasteiger partial charge on any atom is 0.109 e. The lowest BCUT2D eigenvalue weighted by Gasteiger charge is -2.16. The molecule has 1 saturated heterocycles. The van der Waals surface area contributed by atoms with E-state index in [2.05, 4.69) is 40.7 Å². The molecule has 1 aromatic rings. The molecule has 2 rings (SSSR count). The van der Waals surface area contributed by atoms with Crippen LogP contribution < -0.4 is 5.32 Å². The summed E-state index contributed by atoms with van der Waals surface area (Å²) in [7, 11) is 2.07. The number of nitrogens with one attached hydrogen (secondary N) is 1. The van der Waals surface area contributed by atoms with Gasteiger partial charge in [0.25, 0.3) is 0 Å². The molecule has 0 radical (unpaired) electrons. The van der Waals surface area contributed by atoms with E-state index in [-0.39, 0.29) is 0 Å². The molecule has 1 fully saturated rings. The van der Waals surface area contributed by atoms with Crippen LogP contribution in [-0.4, -0.2) is 47.2 Å². The summed E-state index contributed by atoms with van der Waals surface area (Å²) in [6.45, 7) is 10.5. The zero-order valence-electron chi connectivity index (χ0n) is 12.6. The normalized spacial score (nSPS) is 20.5. The van der Waals surface area contributed by atoms with E-state index in [1.165, 1.54) is 31.9 Å². The predicted octanol–water partition coefficient (Wildman–Crippen LogP) is 1.53. The molecule has 1 aliphatic rings. The highest BCUT2D eigenvalue weighted by atomic mass is 15.2. The molecule has 2 heterocycles. The zero-order chi connectivity index (χ0) is 13.7. The maximum atomic E-state index is 4.39. The van der Waals surface area contributed by atoms with Gasteiger partial charge in [-0.2, -0.15) is 0 Å². The van der Waals surface area contributed by atoms with Gasteiger partial charge in [-0.05, 0) is 37.9 Å². The van der Waals surface area contributed by atoms with Crippen LogP contribution in [-0.2, 0) is 13.5 Å². The summed E-state index contributed by atoms with van der Waals surface area (Å²) in [5.41, 5.74) is 0. The van der Waals surface area contributed by atoms with E-state index in [4.69, 9.17) is 0 Å². The van der Waals surface area contributed by atoms with Crippen LogP contribution in [0.5, 0.6) is 0 Å². The Labute approximate surface area is 117 Å². The van der Waals surface area contributed by atoms with Crippen molar-refractivity contribution in [2.75, 3.05) is 32.7 Å². The largest absolute Gasteiger partial charge is 0.338 e. The fourth-order valence-electron chi connectivity index (χ4n) is 2.75. The Hall–Kier alpha value is -0.870. The Morgan fingerprint density at radius 3 is 3.00 bits per heavy atom. The standard InChI is InChI=1S/C15H28N4/c1-13(2)10-16-11-14-4-7-19(12-14)8-5-15-17-6-9-18(15)3/h6,9,13-14,16H,4-5,7-8,10-12H2,1-3H3. The second-order valence-corrected chi connectivity index (χ2v) is 6.21. The maximum absolute atomic E-state index is 4.39. The van der Waals surface area contributed by atoms with Crippen molar-refractivity contribution in [3.63, 3.8) is 0 Å². The highest BCUT2D eigenvalue weighted by molar-refractivity contribution is 4.92. The summed E-state index contributed by atoms with van der Waals surface area (Å²) in [5.74, 6) is 2.78. The molecule has 1 N–H and O–H groups in total. The van der Waals surface area contributed by atoms with Crippen molar-refractivity contribution in [1.29, 1.82) is 0 Å². The van der Waals surface area contributed by atoms with Gasteiger partial charge in [-0.1, -0.05) is 13.8 Å². The SMILES string of the molecule is CC(C)CNCC1CCN(CCc2nccn2C)C1. The molecule has 0 spiro atoms. The Morgan fingerprint density at radius 1 is 1.47 bits per heavy atom. The highest BCUT2D eigenvalue weighted by Gasteiger charge is 2.21. The second-order valence-electron chi connectivity index (χ2n) is 6.21. The monoisotopic (exact) mass is 264 g/mol. The van der Waals surface area contributed by atoms with Gasteiger partial charge < -0.3 is 14.8 Å². The van der Waals surface area contributed by atoms with Crippen molar-refractivity contribution in [3.05, 3.63) is 18.2 Å². The first-order valence-electron chi connectivity index (χ1n) is 7.54. The predicted molar refractivity (Wildman–Crippen MR) is 79.2 cm³/mol. The molecule has 1 aromatic heterocycles. The van der Waals surface area contributed by atoms with Crippen molar-refractivity contribution in [3.8, 4) is 0 Å². The van der Waals surface area contributed by atoms with Crippen molar-refractivity contribution < 1.29 is 0 Å². The molecule has 0 bridgehead atoms. The van der Waals surface area contributed by atoms with Crippen LogP contribution in [0.3, 0.4) is 0 Å². The number of hydrogen-bond donors (Lipinski definition) is 1. The van der Waals surface area contributed by atoms with E-state index in [0.717, 1.165) is 31.3 Å². The van der Waals surface area contributed by atoms with Crippen LogP contribution in [0.4, 0.5) is 0 Å². The van der Waals surface area contributed by atoms with Gasteiger partial charge in [0.05, 0.1) is 0 Å². The number of aromatic nitrogens is 2. The lowest BCUT2D eigenvalue weighted by atomic mass is 10.1. The Morgan fingerprint density at radius 2 is 2.32 bits per heavy atom. The van der Waals surface area contributed by atoms with E-state index in [1.807, 2.05) is 12.4 Å². The molecular weight excluding hydrogens is 236 g/mol. The fraction of sp³-hybridized carbons (Fsp3) is 0.800. The molecule has 0 saturated carbocycles. The van der Waals surface area contributed by atoms with Gasteiger partial charge in [-0.15, -0.1) is 0 Å². The molecule has 19 heavy (non-hydrogen) atoms. The van der Waals surface area contributed by atoms with Crippen molar-refractivity contribution in [1.82, 2.24) is 19.8 Å². The van der Waals surface area contributed by atoms with Gasteiger partial charge in [-0.3, -0.25) is 0 Å². The minimum atomic E-state index is 0.751. The Kier molecular flexibility index (Phi) is 5.40. The van der Waals surface area contributed by atoms with Crippen LogP contribution >= 0.6 is 0 Å². The first-order valence-corrected chi connectivity index (χ1v) is 7.54. The molecule has 1 aliphatic heterocycles. The fourth-order valence-corrected chi connectivity index (χ4v) is 2.75. The molecule has 1 unspecified atom stereocenters. The van der Waals surface area contributed by atoms with Gasteiger partial charge in [-0.25, -0.2) is 4.98 Å². The summed E-state index contributed by atoms with van der Waals surface area (Å²) >= 11 is 0. The van der Waals surface area contributed by atoms with Crippen molar-refractivity contribution in [2.24, 2.45) is 18.9 Å². The zero-order valence-corrected chi connectivity index (χ0v) is 12.6. The van der Waals surface area contributed by atoms with E-state index in [0.29, 0.717) is 0 Å². The Bertz CT molecular complexity index is 372. The minimum Gasteiger partial charge on any atom is -0.338 e. The van der Waals surface area contributed by atoms with Crippen molar-refractivity contribution >= 4 is 0 Å². The van der Waals surface area contributed by atoms with Crippen molar-refractivity contribution in [2.45, 2.75) is 26.7 Å². The second kappa shape index (κ2) is 7.06. The number of rotatable bonds is 7. The lowest BCUT2D eigenvalue weighted by molar-refractivity contribution is 0.321. The van der Waals surface area contributed by atoms with Crippen LogP contribution in [0.2, 0.25) is 0 Å². The summed E-state index contributed by atoms with van der Waals surface area (Å²) in [6.07, 6.45) is 6.32. The van der Waals surface area contributed by atoms with E-state index >= 15 is 0 Å². The number of aryl methyl sites for hydroxylation is 1. The molecule has 0 amide bonds. The smallest absolute Gasteiger partial charge is 0.109 e. The molecule has 0 aromatic carbocycles. The van der Waals surface area contributed by atoms with Gasteiger partial charge in [0, 0.05) is 39.0 Å². The van der Waals surface area contributed by atoms with E-state index in [1.54, 1.807) is 0 Å². The van der Waals surface area contributed by atoms with Gasteiger partial charge in [0.15, 0.2) is 0 Å². The summed E-state index contributed by atoms with van der Waals surface area (Å²) in [4.78, 5) is 6.97. The number of nitrogens with zero attached hydrogens (tertiary/aromatic N) is 3. The first kappa shape index (κ1) is 14.5. The van der Waals surface area contributed by atoms with E-state index < -0.39 is 0 Å². The average Bonchev–Trinajstić information content (AvgIpc) is 2.95. The average molecular weight is 264 g/mol. The van der Waals surface area contributed by atoms with Gasteiger partial charge >= 0.3 is 0 Å². The topological polar surface area (TPSA) is 33.1 Å². The number of imidazole rings is 1. The molecule has 0 aliphatic carbocycles. The Balaban J connectivity index is 1.63. The number of hydrogen-bond acceptors (Lipinski definition) is 3. The molecular formula is C15H28N4. The quantitative estimate of drug-likeness (QED) is 0.811. The summed E-state index contributed by atoms with van der Waals surface area (Å²) < 4.78 is 2.12. The van der Waals surface area contributed by atoms with Crippen LogP contribution in [0, 0.1) is 11.8 Å². The summed E-state index contributed by atoms with van der Waals surface area (Å²) in [5, 5.41) is 3.58. The minimum absolute atomic E-state index is 0.751. The molecule has 4 heteroatoms. The third-order valence-corrected chi connectivity index (χ3v) is 3.93. The first-order chi connectivity index (χ1) is 9.15. The van der Waals surface area contributed by atoms with Gasteiger partial charge in [0.2, 0.25) is 0 Å². The third-order valence-electron chi connectivity index (χ3n) is 3.93. The van der Waals surface area contributed by atoms with Crippen LogP contribution in [0.15, 0.2) is 12.4 Å².